The van der Waals surface area contributed by atoms with Gasteiger partial charge in [0.05, 0.1) is 17.5 Å². The van der Waals surface area contributed by atoms with Crippen molar-refractivity contribution in [1.29, 1.82) is 0 Å². The number of nitrogens with one attached hydrogen (secondary N) is 1. The zero-order valence-electron chi connectivity index (χ0n) is 17.5. The summed E-state index contributed by atoms with van der Waals surface area (Å²) in [6, 6.07) is 11.7. The lowest BCUT2D eigenvalue weighted by atomic mass is 10.1. The Balaban J connectivity index is 1.47. The molecule has 4 rings (SSSR count). The first-order valence-corrected chi connectivity index (χ1v) is 10.6. The van der Waals surface area contributed by atoms with Crippen LogP contribution in [-0.2, 0) is 14.3 Å². The van der Waals surface area contributed by atoms with E-state index in [0.29, 0.717) is 23.7 Å². The molecule has 1 fully saturated rings. The van der Waals surface area contributed by atoms with E-state index in [0.717, 1.165) is 25.9 Å². The third-order valence-electron chi connectivity index (χ3n) is 5.43. The molecule has 2 atom stereocenters. The van der Waals surface area contributed by atoms with Gasteiger partial charge in [-0.25, -0.2) is 4.39 Å². The van der Waals surface area contributed by atoms with Crippen LogP contribution in [0.4, 0.5) is 15.8 Å². The highest BCUT2D eigenvalue weighted by molar-refractivity contribution is 6.44. The number of primary amides is 1. The molecule has 0 aromatic heterocycles. The Morgan fingerprint density at radius 2 is 1.97 bits per heavy atom. The molecule has 2 unspecified atom stereocenters. The van der Waals surface area contributed by atoms with E-state index in [2.05, 4.69) is 10.4 Å². The molecule has 2 aliphatic rings. The molecular formula is C23H25FN4O4. The van der Waals surface area contributed by atoms with Gasteiger partial charge in [-0.2, -0.15) is 5.10 Å². The Morgan fingerprint density at radius 1 is 1.19 bits per heavy atom. The smallest absolute Gasteiger partial charge is 0.272 e. The minimum absolute atomic E-state index is 0.0345. The number of hydrogen-bond donors (Lipinski definition) is 2. The van der Waals surface area contributed by atoms with E-state index in [1.54, 1.807) is 18.2 Å². The molecule has 2 aromatic rings. The number of rotatable bonds is 7. The normalized spacial score (nSPS) is 20.5. The molecule has 9 heteroatoms. The Hall–Kier alpha value is -3.46. The molecule has 2 amide bonds. The Morgan fingerprint density at radius 3 is 2.69 bits per heavy atom. The van der Waals surface area contributed by atoms with Crippen LogP contribution in [0, 0.1) is 5.82 Å². The van der Waals surface area contributed by atoms with Crippen molar-refractivity contribution in [1.82, 2.24) is 0 Å². The summed E-state index contributed by atoms with van der Waals surface area (Å²) in [6.07, 6.45) is 3.19. The molecule has 2 aromatic carbocycles. The Labute approximate surface area is 185 Å². The summed E-state index contributed by atoms with van der Waals surface area (Å²) >= 11 is 0. The van der Waals surface area contributed by atoms with Gasteiger partial charge < -0.3 is 20.5 Å². The van der Waals surface area contributed by atoms with Gasteiger partial charge in [-0.3, -0.25) is 14.6 Å². The monoisotopic (exact) mass is 440 g/mol. The lowest BCUT2D eigenvalue weighted by Gasteiger charge is -2.23. The minimum Gasteiger partial charge on any atom is -0.489 e. The molecule has 0 aliphatic carbocycles. The molecule has 3 N–H and O–H groups in total. The fourth-order valence-corrected chi connectivity index (χ4v) is 3.71. The molecule has 1 saturated heterocycles. The van der Waals surface area contributed by atoms with E-state index < -0.39 is 23.7 Å². The number of carbonyl (C=O) groups excluding carboxylic acids is 2. The number of halogens is 1. The van der Waals surface area contributed by atoms with Crippen LogP contribution in [0.5, 0.6) is 5.75 Å². The van der Waals surface area contributed by atoms with Crippen LogP contribution in [0.3, 0.4) is 0 Å². The maximum Gasteiger partial charge on any atom is 0.272 e. The second-order valence-corrected chi connectivity index (χ2v) is 7.74. The second-order valence-electron chi connectivity index (χ2n) is 7.74. The van der Waals surface area contributed by atoms with Gasteiger partial charge in [0, 0.05) is 13.0 Å². The molecule has 2 aliphatic heterocycles. The van der Waals surface area contributed by atoms with Gasteiger partial charge >= 0.3 is 0 Å². The highest BCUT2D eigenvalue weighted by Gasteiger charge is 2.35. The summed E-state index contributed by atoms with van der Waals surface area (Å²) in [7, 11) is 0. The van der Waals surface area contributed by atoms with Gasteiger partial charge in [-0.15, -0.1) is 0 Å². The predicted octanol–water partition coefficient (Wildman–Crippen LogP) is 2.83. The molecule has 168 valence electrons. The molecule has 0 saturated carbocycles. The van der Waals surface area contributed by atoms with Gasteiger partial charge in [0.25, 0.3) is 5.91 Å². The number of hydrazone groups is 1. The lowest BCUT2D eigenvalue weighted by molar-refractivity contribution is -0.119. The standard InChI is InChI=1S/C23H25FN4O4/c24-15-8-10-16(11-9-15)28-20(22(25)29)13-19(27-28)23(30)26-18-6-1-2-7-21(18)32-14-17-5-3-4-12-31-17/h1-2,6-11,17,20H,3-5,12-14H2,(H2,25,29)(H,26,30). The molecule has 32 heavy (non-hydrogen) atoms. The van der Waals surface area contributed by atoms with Crippen molar-refractivity contribution in [3.05, 3.63) is 54.3 Å². The van der Waals surface area contributed by atoms with Gasteiger partial charge in [-0.05, 0) is 55.7 Å². The van der Waals surface area contributed by atoms with Crippen molar-refractivity contribution in [2.24, 2.45) is 10.8 Å². The number of nitrogens with zero attached hydrogens (tertiary/aromatic N) is 2. The quantitative estimate of drug-likeness (QED) is 0.689. The highest BCUT2D eigenvalue weighted by atomic mass is 19.1. The summed E-state index contributed by atoms with van der Waals surface area (Å²) < 4.78 is 24.9. The van der Waals surface area contributed by atoms with Crippen molar-refractivity contribution in [2.45, 2.75) is 37.8 Å². The summed E-state index contributed by atoms with van der Waals surface area (Å²) in [6.45, 7) is 1.13. The van der Waals surface area contributed by atoms with Crippen molar-refractivity contribution >= 4 is 28.9 Å². The molecule has 0 radical (unpaired) electrons. The topological polar surface area (TPSA) is 106 Å². The lowest BCUT2D eigenvalue weighted by Crippen LogP contribution is -2.39. The third kappa shape index (κ3) is 5.05. The average Bonchev–Trinajstić information content (AvgIpc) is 3.26. The maximum absolute atomic E-state index is 13.3. The first-order chi connectivity index (χ1) is 15.5. The van der Waals surface area contributed by atoms with Gasteiger partial charge in [-0.1, -0.05) is 12.1 Å². The van der Waals surface area contributed by atoms with Crippen molar-refractivity contribution in [2.75, 3.05) is 23.5 Å². The zero-order valence-corrected chi connectivity index (χ0v) is 17.5. The number of hydrogen-bond acceptors (Lipinski definition) is 6. The van der Waals surface area contributed by atoms with Gasteiger partial charge in [0.2, 0.25) is 5.91 Å². The van der Waals surface area contributed by atoms with Crippen LogP contribution in [0.1, 0.15) is 25.7 Å². The van der Waals surface area contributed by atoms with Crippen LogP contribution in [0.25, 0.3) is 0 Å². The van der Waals surface area contributed by atoms with E-state index in [1.807, 2.05) is 6.07 Å². The van der Waals surface area contributed by atoms with Crippen LogP contribution < -0.4 is 20.8 Å². The fraction of sp³-hybridized carbons (Fsp3) is 0.348. The van der Waals surface area contributed by atoms with Crippen molar-refractivity contribution in [3.63, 3.8) is 0 Å². The molecule has 0 spiro atoms. The number of benzene rings is 2. The molecule has 0 bridgehead atoms. The van der Waals surface area contributed by atoms with E-state index in [-0.39, 0.29) is 18.2 Å². The van der Waals surface area contributed by atoms with Crippen molar-refractivity contribution < 1.29 is 23.5 Å². The first kappa shape index (κ1) is 21.8. The number of anilines is 2. The van der Waals surface area contributed by atoms with Crippen LogP contribution >= 0.6 is 0 Å². The second kappa shape index (κ2) is 9.78. The molecule has 8 nitrogen and oxygen atoms in total. The predicted molar refractivity (Wildman–Crippen MR) is 118 cm³/mol. The van der Waals surface area contributed by atoms with Crippen LogP contribution in [0.2, 0.25) is 0 Å². The van der Waals surface area contributed by atoms with E-state index in [4.69, 9.17) is 15.2 Å². The number of amides is 2. The van der Waals surface area contributed by atoms with Crippen LogP contribution in [0.15, 0.2) is 53.6 Å². The average molecular weight is 440 g/mol. The largest absolute Gasteiger partial charge is 0.489 e. The van der Waals surface area contributed by atoms with E-state index >= 15 is 0 Å². The SMILES string of the molecule is NC(=O)C1CC(C(=O)Nc2ccccc2OCC2CCCCO2)=NN1c1ccc(F)cc1. The summed E-state index contributed by atoms with van der Waals surface area (Å²) in [4.78, 5) is 24.8. The maximum atomic E-state index is 13.3. The number of para-hydroxylation sites is 2. The summed E-state index contributed by atoms with van der Waals surface area (Å²) in [5.41, 5.74) is 6.61. The fourth-order valence-electron chi connectivity index (χ4n) is 3.71. The highest BCUT2D eigenvalue weighted by Crippen LogP contribution is 2.28. The Bertz CT molecular complexity index is 1010. The minimum atomic E-state index is -0.837. The number of nitrogens with two attached hydrogens (primary N) is 1. The van der Waals surface area contributed by atoms with E-state index in [9.17, 15) is 14.0 Å². The van der Waals surface area contributed by atoms with Crippen LogP contribution in [-0.4, -0.2) is 42.9 Å². The summed E-state index contributed by atoms with van der Waals surface area (Å²) in [5, 5.41) is 8.44. The number of ether oxygens (including phenoxy) is 2. The van der Waals surface area contributed by atoms with Crippen molar-refractivity contribution in [3.8, 4) is 5.75 Å². The summed E-state index contributed by atoms with van der Waals surface area (Å²) in [5.74, 6) is -0.987. The zero-order chi connectivity index (χ0) is 22.5. The molecular weight excluding hydrogens is 415 g/mol. The van der Waals surface area contributed by atoms with Gasteiger partial charge in [0.15, 0.2) is 0 Å². The van der Waals surface area contributed by atoms with E-state index in [1.165, 1.54) is 29.3 Å². The Kier molecular flexibility index (Phi) is 6.65. The van der Waals surface area contributed by atoms with Gasteiger partial charge in [0.1, 0.15) is 29.9 Å². The number of carbonyl (C=O) groups is 2. The first-order valence-electron chi connectivity index (χ1n) is 10.6. The third-order valence-corrected chi connectivity index (χ3v) is 5.43. The molecule has 2 heterocycles.